The lowest BCUT2D eigenvalue weighted by atomic mass is 10.2. The van der Waals surface area contributed by atoms with Gasteiger partial charge in [0.25, 0.3) is 0 Å². The molecule has 2 N–H and O–H groups in total. The van der Waals surface area contributed by atoms with Gasteiger partial charge in [-0.05, 0) is 42.0 Å². The number of anilines is 1. The van der Waals surface area contributed by atoms with Crippen molar-refractivity contribution in [2.24, 2.45) is 0 Å². The molecule has 0 aliphatic heterocycles. The van der Waals surface area contributed by atoms with Crippen molar-refractivity contribution in [3.63, 3.8) is 0 Å². The Labute approximate surface area is 117 Å². The topological polar surface area (TPSA) is 50.1 Å². The highest BCUT2D eigenvalue weighted by Crippen LogP contribution is 2.15. The van der Waals surface area contributed by atoms with E-state index in [4.69, 9.17) is 0 Å². The summed E-state index contributed by atoms with van der Waals surface area (Å²) in [5.41, 5.74) is 3.28. The molecule has 0 bridgehead atoms. The number of hydrogen-bond donors (Lipinski definition) is 2. The fraction of sp³-hybridized carbons (Fsp3) is 0.0625. The maximum absolute atomic E-state index is 9.23. The van der Waals surface area contributed by atoms with Crippen LogP contribution in [0.5, 0.6) is 5.75 Å². The highest BCUT2D eigenvalue weighted by Gasteiger charge is 1.97. The van der Waals surface area contributed by atoms with Crippen LogP contribution < -0.4 is 5.32 Å². The average Bonchev–Trinajstić information content (AvgIpc) is 3.01. The smallest absolute Gasteiger partial charge is 0.115 e. The number of imidazole rings is 1. The second-order valence-corrected chi connectivity index (χ2v) is 4.54. The minimum Gasteiger partial charge on any atom is -0.508 e. The van der Waals surface area contributed by atoms with E-state index in [1.54, 1.807) is 24.7 Å². The van der Waals surface area contributed by atoms with Crippen molar-refractivity contribution < 1.29 is 5.11 Å². The van der Waals surface area contributed by atoms with E-state index < -0.39 is 0 Å². The second-order valence-electron chi connectivity index (χ2n) is 4.54. The number of nitrogens with zero attached hydrogens (tertiary/aromatic N) is 2. The number of aromatic nitrogens is 2. The van der Waals surface area contributed by atoms with Gasteiger partial charge in [0.15, 0.2) is 0 Å². The van der Waals surface area contributed by atoms with Gasteiger partial charge in [-0.15, -0.1) is 0 Å². The maximum atomic E-state index is 9.23. The molecule has 3 rings (SSSR count). The van der Waals surface area contributed by atoms with Crippen LogP contribution >= 0.6 is 0 Å². The summed E-state index contributed by atoms with van der Waals surface area (Å²) in [4.78, 5) is 4.03. The van der Waals surface area contributed by atoms with E-state index in [2.05, 4.69) is 34.6 Å². The molecule has 0 aliphatic rings. The third kappa shape index (κ3) is 2.80. The molecule has 0 amide bonds. The van der Waals surface area contributed by atoms with Crippen LogP contribution in [0.1, 0.15) is 5.56 Å². The Morgan fingerprint density at radius 3 is 2.40 bits per heavy atom. The Kier molecular flexibility index (Phi) is 3.37. The molecule has 0 spiro atoms. The molecule has 0 atom stereocenters. The third-order valence-corrected chi connectivity index (χ3v) is 3.10. The number of hydrogen-bond acceptors (Lipinski definition) is 3. The van der Waals surface area contributed by atoms with Gasteiger partial charge in [-0.3, -0.25) is 0 Å². The van der Waals surface area contributed by atoms with Crippen LogP contribution in [0.3, 0.4) is 0 Å². The fourth-order valence-electron chi connectivity index (χ4n) is 1.98. The molecule has 100 valence electrons. The number of aromatic hydroxyl groups is 1. The molecule has 20 heavy (non-hydrogen) atoms. The minimum absolute atomic E-state index is 0.278. The van der Waals surface area contributed by atoms with Crippen LogP contribution in [0.4, 0.5) is 5.69 Å². The molecule has 0 unspecified atom stereocenters. The Balaban J connectivity index is 1.65. The Bertz CT molecular complexity index is 658. The van der Waals surface area contributed by atoms with Crippen molar-refractivity contribution in [2.75, 3.05) is 5.32 Å². The van der Waals surface area contributed by atoms with E-state index in [1.165, 1.54) is 5.56 Å². The van der Waals surface area contributed by atoms with E-state index in [-0.39, 0.29) is 5.75 Å². The summed E-state index contributed by atoms with van der Waals surface area (Å²) >= 11 is 0. The monoisotopic (exact) mass is 265 g/mol. The lowest BCUT2D eigenvalue weighted by molar-refractivity contribution is 0.475. The summed E-state index contributed by atoms with van der Waals surface area (Å²) in [5.74, 6) is 0.278. The summed E-state index contributed by atoms with van der Waals surface area (Å²) in [6.07, 6.45) is 5.47. The molecule has 0 aliphatic carbocycles. The number of phenols is 1. The molecule has 0 radical (unpaired) electrons. The fourth-order valence-corrected chi connectivity index (χ4v) is 1.98. The maximum Gasteiger partial charge on any atom is 0.115 e. The first-order chi connectivity index (χ1) is 9.81. The predicted octanol–water partition coefficient (Wildman–Crippen LogP) is 3.19. The van der Waals surface area contributed by atoms with Gasteiger partial charge in [0.2, 0.25) is 0 Å². The minimum atomic E-state index is 0.278. The Hall–Kier alpha value is -2.75. The van der Waals surface area contributed by atoms with Gasteiger partial charge in [-0.2, -0.15) is 0 Å². The van der Waals surface area contributed by atoms with Crippen LogP contribution in [-0.4, -0.2) is 14.7 Å². The summed E-state index contributed by atoms with van der Waals surface area (Å²) in [6.45, 7) is 0.745. The molecule has 2 aromatic carbocycles. The molecule has 4 nitrogen and oxygen atoms in total. The highest BCUT2D eigenvalue weighted by atomic mass is 16.3. The largest absolute Gasteiger partial charge is 0.508 e. The van der Waals surface area contributed by atoms with Crippen molar-refractivity contribution in [1.29, 1.82) is 0 Å². The summed E-state index contributed by atoms with van der Waals surface area (Å²) in [7, 11) is 0. The normalized spacial score (nSPS) is 10.4. The average molecular weight is 265 g/mol. The van der Waals surface area contributed by atoms with Crippen LogP contribution in [0.2, 0.25) is 0 Å². The first-order valence-corrected chi connectivity index (χ1v) is 6.41. The van der Waals surface area contributed by atoms with Crippen molar-refractivity contribution in [3.05, 3.63) is 72.8 Å². The molecule has 0 saturated carbocycles. The van der Waals surface area contributed by atoms with Gasteiger partial charge in [0.05, 0.1) is 6.33 Å². The van der Waals surface area contributed by atoms with Crippen LogP contribution in [0.25, 0.3) is 5.69 Å². The first kappa shape index (κ1) is 12.3. The van der Waals surface area contributed by atoms with Crippen molar-refractivity contribution in [2.45, 2.75) is 6.54 Å². The zero-order valence-electron chi connectivity index (χ0n) is 10.9. The summed E-state index contributed by atoms with van der Waals surface area (Å²) < 4.78 is 1.97. The van der Waals surface area contributed by atoms with Gasteiger partial charge in [0.1, 0.15) is 5.75 Å². The first-order valence-electron chi connectivity index (χ1n) is 6.41. The van der Waals surface area contributed by atoms with Crippen LogP contribution in [0.15, 0.2) is 67.3 Å². The Morgan fingerprint density at radius 2 is 1.75 bits per heavy atom. The van der Waals surface area contributed by atoms with E-state index in [1.807, 2.05) is 22.9 Å². The van der Waals surface area contributed by atoms with Crippen molar-refractivity contribution >= 4 is 5.69 Å². The Morgan fingerprint density at radius 1 is 1.00 bits per heavy atom. The van der Waals surface area contributed by atoms with Crippen LogP contribution in [-0.2, 0) is 6.54 Å². The molecule has 1 heterocycles. The number of rotatable bonds is 4. The molecular formula is C16H15N3O. The zero-order valence-corrected chi connectivity index (χ0v) is 10.9. The molecule has 0 fully saturated rings. The lowest BCUT2D eigenvalue weighted by Gasteiger charge is -2.08. The summed E-state index contributed by atoms with van der Waals surface area (Å²) in [5, 5.41) is 12.5. The van der Waals surface area contributed by atoms with Crippen molar-refractivity contribution in [3.8, 4) is 11.4 Å². The molecule has 0 saturated heterocycles. The van der Waals surface area contributed by atoms with E-state index >= 15 is 0 Å². The van der Waals surface area contributed by atoms with Gasteiger partial charge in [0, 0.05) is 30.3 Å². The molecule has 1 aromatic heterocycles. The SMILES string of the molecule is Oc1ccc(NCc2ccc(-n3ccnc3)cc2)cc1. The lowest BCUT2D eigenvalue weighted by Crippen LogP contribution is -1.99. The molecular weight excluding hydrogens is 250 g/mol. The zero-order chi connectivity index (χ0) is 13.8. The summed E-state index contributed by atoms with van der Waals surface area (Å²) in [6, 6.07) is 15.4. The quantitative estimate of drug-likeness (QED) is 0.712. The second kappa shape index (κ2) is 5.48. The van der Waals surface area contributed by atoms with Gasteiger partial charge in [-0.1, -0.05) is 12.1 Å². The third-order valence-electron chi connectivity index (χ3n) is 3.10. The van der Waals surface area contributed by atoms with E-state index in [0.717, 1.165) is 17.9 Å². The standard InChI is InChI=1S/C16H15N3O/c20-16-7-3-14(4-8-16)18-11-13-1-5-15(6-2-13)19-10-9-17-12-19/h1-10,12,18,20H,11H2. The van der Waals surface area contributed by atoms with E-state index in [9.17, 15) is 5.11 Å². The predicted molar refractivity (Wildman–Crippen MR) is 79.0 cm³/mol. The van der Waals surface area contributed by atoms with Crippen molar-refractivity contribution in [1.82, 2.24) is 9.55 Å². The number of benzene rings is 2. The number of nitrogens with one attached hydrogen (secondary N) is 1. The van der Waals surface area contributed by atoms with Gasteiger partial charge in [-0.25, -0.2) is 4.98 Å². The molecule has 4 heteroatoms. The molecule has 3 aromatic rings. The van der Waals surface area contributed by atoms with Gasteiger partial charge >= 0.3 is 0 Å². The highest BCUT2D eigenvalue weighted by molar-refractivity contribution is 5.46. The number of phenolic OH excluding ortho intramolecular Hbond substituents is 1. The van der Waals surface area contributed by atoms with E-state index in [0.29, 0.717) is 0 Å². The van der Waals surface area contributed by atoms with Crippen LogP contribution in [0, 0.1) is 0 Å². The van der Waals surface area contributed by atoms with Gasteiger partial charge < -0.3 is 15.0 Å².